The van der Waals surface area contributed by atoms with Crippen LogP contribution >= 0.6 is 0 Å². The van der Waals surface area contributed by atoms with Crippen LogP contribution in [0.5, 0.6) is 0 Å². The normalized spacial score (nSPS) is 18.9. The maximum absolute atomic E-state index is 13.0. The Labute approximate surface area is 122 Å². The van der Waals surface area contributed by atoms with Crippen LogP contribution in [0.15, 0.2) is 30.3 Å². The zero-order chi connectivity index (χ0) is 17.4. The first kappa shape index (κ1) is 11.7. The summed E-state index contributed by atoms with van der Waals surface area (Å²) < 4.78 is 26.0. The van der Waals surface area contributed by atoms with Crippen LogP contribution in [0.3, 0.4) is 0 Å². The van der Waals surface area contributed by atoms with Crippen molar-refractivity contribution in [1.82, 2.24) is 0 Å². The number of ketones is 1. The zero-order valence-corrected chi connectivity index (χ0v) is 13.0. The molecular formula is C18H28O. The van der Waals surface area contributed by atoms with Crippen molar-refractivity contribution in [3.05, 3.63) is 35.9 Å². The third kappa shape index (κ3) is 5.59. The Bertz CT molecular complexity index is 524. The molecule has 0 bridgehead atoms. The maximum atomic E-state index is 13.0. The molecule has 1 aromatic rings. The van der Waals surface area contributed by atoms with Crippen LogP contribution in [0.4, 0.5) is 0 Å². The van der Waals surface area contributed by atoms with Crippen LogP contribution in [0.1, 0.15) is 57.6 Å². The minimum absolute atomic E-state index is 0.165. The van der Waals surface area contributed by atoms with E-state index in [-0.39, 0.29) is 17.6 Å². The molecular weight excluding hydrogens is 232 g/mol. The molecule has 0 amide bonds. The topological polar surface area (TPSA) is 17.1 Å². The summed E-state index contributed by atoms with van der Waals surface area (Å²) in [5.41, 5.74) is -0.716. The summed E-state index contributed by atoms with van der Waals surface area (Å²) in [5, 5.41) is 0. The van der Waals surface area contributed by atoms with Gasteiger partial charge in [0.05, 0.1) is 0 Å². The molecule has 0 saturated heterocycles. The second-order valence-electron chi connectivity index (χ2n) is 7.29. The summed E-state index contributed by atoms with van der Waals surface area (Å²) >= 11 is 0. The molecule has 0 fully saturated rings. The zero-order valence-electron chi connectivity index (χ0n) is 16.0. The molecule has 1 rings (SSSR count). The number of rotatable bonds is 4. The molecule has 1 atom stereocenters. The molecule has 0 saturated carbocycles. The van der Waals surface area contributed by atoms with Gasteiger partial charge in [0.25, 0.3) is 0 Å². The smallest absolute Gasteiger partial charge is 0.141 e. The minimum Gasteiger partial charge on any atom is -0.299 e. The number of Topliss-reactive ketones (excluding diaryl/α,β-unsaturated/α-hetero) is 1. The van der Waals surface area contributed by atoms with Crippen LogP contribution in [0.25, 0.3) is 0 Å². The van der Waals surface area contributed by atoms with Gasteiger partial charge in [-0.2, -0.15) is 0 Å². The standard InChI is InChI=1S/C18H28O/c1-17(2,3)13-15(16(19)18(4,5)6)12-14-10-8-7-9-11-14/h7-11,15H,12-13H2,1-6H3/t15-/m1/s1/i12D2,15D. The lowest BCUT2D eigenvalue weighted by Gasteiger charge is -2.30. The molecule has 1 aromatic carbocycles. The van der Waals surface area contributed by atoms with Crippen LogP contribution in [0, 0.1) is 16.7 Å². The van der Waals surface area contributed by atoms with Crippen LogP contribution in [0.2, 0.25) is 0 Å². The van der Waals surface area contributed by atoms with E-state index in [0.717, 1.165) is 0 Å². The lowest BCUT2D eigenvalue weighted by atomic mass is 9.73. The highest BCUT2D eigenvalue weighted by Crippen LogP contribution is 2.32. The molecule has 0 aliphatic carbocycles. The third-order valence-electron chi connectivity index (χ3n) is 2.73. The maximum Gasteiger partial charge on any atom is 0.141 e. The fraction of sp³-hybridized carbons (Fsp3) is 0.611. The van der Waals surface area contributed by atoms with Gasteiger partial charge in [-0.15, -0.1) is 0 Å². The van der Waals surface area contributed by atoms with Crippen molar-refractivity contribution in [3.63, 3.8) is 0 Å². The Hall–Kier alpha value is -1.11. The first-order valence-electron chi connectivity index (χ1n) is 8.32. The van der Waals surface area contributed by atoms with E-state index in [1.165, 1.54) is 0 Å². The minimum atomic E-state index is -2.05. The molecule has 1 nitrogen and oxygen atoms in total. The molecule has 0 radical (unpaired) electrons. The van der Waals surface area contributed by atoms with E-state index in [0.29, 0.717) is 5.56 Å². The van der Waals surface area contributed by atoms with Crippen LogP contribution in [-0.4, -0.2) is 5.78 Å². The van der Waals surface area contributed by atoms with Gasteiger partial charge < -0.3 is 0 Å². The van der Waals surface area contributed by atoms with Gasteiger partial charge in [0.2, 0.25) is 0 Å². The quantitative estimate of drug-likeness (QED) is 0.755. The number of carbonyl (C=O) groups is 1. The molecule has 0 aliphatic rings. The van der Waals surface area contributed by atoms with Gasteiger partial charge in [-0.1, -0.05) is 71.9 Å². The highest BCUT2D eigenvalue weighted by molar-refractivity contribution is 5.86. The Morgan fingerprint density at radius 2 is 1.68 bits per heavy atom. The van der Waals surface area contributed by atoms with E-state index >= 15 is 0 Å². The van der Waals surface area contributed by atoms with Gasteiger partial charge in [0.15, 0.2) is 0 Å². The Morgan fingerprint density at radius 1 is 1.16 bits per heavy atom. The van der Waals surface area contributed by atoms with Gasteiger partial charge in [0.1, 0.15) is 5.78 Å². The Balaban J connectivity index is 3.47. The largest absolute Gasteiger partial charge is 0.299 e. The van der Waals surface area contributed by atoms with Gasteiger partial charge >= 0.3 is 0 Å². The van der Waals surface area contributed by atoms with Gasteiger partial charge in [-0.05, 0) is 23.8 Å². The Kier molecular flexibility index (Phi) is 3.63. The van der Waals surface area contributed by atoms with E-state index in [1.54, 1.807) is 51.1 Å². The van der Waals surface area contributed by atoms with E-state index in [2.05, 4.69) is 0 Å². The summed E-state index contributed by atoms with van der Waals surface area (Å²) in [7, 11) is 0. The van der Waals surface area contributed by atoms with E-state index < -0.39 is 17.7 Å². The van der Waals surface area contributed by atoms with E-state index in [4.69, 9.17) is 4.11 Å². The van der Waals surface area contributed by atoms with Crippen molar-refractivity contribution < 1.29 is 8.91 Å². The van der Waals surface area contributed by atoms with Gasteiger partial charge in [-0.3, -0.25) is 4.79 Å². The molecule has 0 aliphatic heterocycles. The summed E-state index contributed by atoms with van der Waals surface area (Å²) in [6, 6.07) is 8.60. The SMILES string of the molecule is [2H]C([2H])(c1ccccc1)[C@]([2H])(CC(C)(C)C)C(=O)C(C)(C)C. The molecule has 0 spiro atoms. The predicted molar refractivity (Wildman–Crippen MR) is 82.2 cm³/mol. The average molecular weight is 263 g/mol. The number of hydrogen-bond acceptors (Lipinski definition) is 1. The molecule has 106 valence electrons. The third-order valence-corrected chi connectivity index (χ3v) is 2.73. The monoisotopic (exact) mass is 263 g/mol. The summed E-state index contributed by atoms with van der Waals surface area (Å²) in [6.07, 6.45) is -1.89. The molecule has 0 aromatic heterocycles. The van der Waals surface area contributed by atoms with E-state index in [9.17, 15) is 4.79 Å². The summed E-state index contributed by atoms with van der Waals surface area (Å²) in [6.45, 7) is 11.1. The average Bonchev–Trinajstić information content (AvgIpc) is 2.35. The lowest BCUT2D eigenvalue weighted by molar-refractivity contribution is -0.131. The Morgan fingerprint density at radius 3 is 2.11 bits per heavy atom. The second kappa shape index (κ2) is 5.90. The fourth-order valence-corrected chi connectivity index (χ4v) is 1.86. The highest BCUT2D eigenvalue weighted by atomic mass is 16.1. The van der Waals surface area contributed by atoms with Gasteiger partial charge in [-0.25, -0.2) is 0 Å². The first-order chi connectivity index (χ1) is 9.72. The number of carbonyl (C=O) groups excluding carboxylic acids is 1. The molecule has 1 heteroatoms. The molecule has 19 heavy (non-hydrogen) atoms. The predicted octanol–water partition coefficient (Wildman–Crippen LogP) is 4.90. The molecule has 0 N–H and O–H groups in total. The number of hydrogen-bond donors (Lipinski definition) is 0. The van der Waals surface area contributed by atoms with E-state index in [1.807, 2.05) is 20.8 Å². The second-order valence-corrected chi connectivity index (χ2v) is 7.29. The first-order valence-corrected chi connectivity index (χ1v) is 6.82. The van der Waals surface area contributed by atoms with Crippen molar-refractivity contribution in [2.24, 2.45) is 16.7 Å². The molecule has 0 heterocycles. The highest BCUT2D eigenvalue weighted by Gasteiger charge is 2.32. The van der Waals surface area contributed by atoms with Crippen LogP contribution in [-0.2, 0) is 11.2 Å². The summed E-state index contributed by atoms with van der Waals surface area (Å²) in [4.78, 5) is 13.0. The van der Waals surface area contributed by atoms with Crippen LogP contribution < -0.4 is 0 Å². The number of benzene rings is 1. The van der Waals surface area contributed by atoms with Crippen molar-refractivity contribution in [2.75, 3.05) is 0 Å². The fourth-order valence-electron chi connectivity index (χ4n) is 1.86. The van der Waals surface area contributed by atoms with Crippen molar-refractivity contribution >= 4 is 5.78 Å². The molecule has 0 unspecified atom stereocenters. The van der Waals surface area contributed by atoms with Crippen molar-refractivity contribution in [3.8, 4) is 0 Å². The lowest BCUT2D eigenvalue weighted by Crippen LogP contribution is -2.32. The summed E-state index contributed by atoms with van der Waals surface area (Å²) in [5.74, 6) is -2.19. The van der Waals surface area contributed by atoms with Crippen molar-refractivity contribution in [1.29, 1.82) is 0 Å². The van der Waals surface area contributed by atoms with Crippen molar-refractivity contribution in [2.45, 2.75) is 54.3 Å². The van der Waals surface area contributed by atoms with Gasteiger partial charge in [0, 0.05) is 15.4 Å².